The molecule has 172 valence electrons. The van der Waals surface area contributed by atoms with Gasteiger partial charge >= 0.3 is 6.18 Å². The lowest BCUT2D eigenvalue weighted by atomic mass is 9.93. The number of carbonyl (C=O) groups excluding carboxylic acids is 1. The summed E-state index contributed by atoms with van der Waals surface area (Å²) in [4.78, 5) is 18.7. The number of rotatable bonds is 6. The van der Waals surface area contributed by atoms with E-state index in [9.17, 15) is 18.0 Å². The third-order valence-electron chi connectivity index (χ3n) is 7.28. The van der Waals surface area contributed by atoms with Crippen LogP contribution < -0.4 is 4.90 Å². The van der Waals surface area contributed by atoms with Crippen molar-refractivity contribution in [3.05, 3.63) is 29.3 Å². The third kappa shape index (κ3) is 5.93. The van der Waals surface area contributed by atoms with Gasteiger partial charge in [-0.1, -0.05) is 12.1 Å². The van der Waals surface area contributed by atoms with E-state index in [4.69, 9.17) is 0 Å². The summed E-state index contributed by atoms with van der Waals surface area (Å²) in [5.74, 6) is 0.224. The van der Waals surface area contributed by atoms with Crippen LogP contribution in [0.1, 0.15) is 49.7 Å². The SMILES string of the molecule is O=C(CCC(F)(F)F)N1CCC(CCN2CCN(c3cccc4c3CCC4)CC2)CC1. The molecule has 1 amide bonds. The van der Waals surface area contributed by atoms with Crippen LogP contribution in [0.3, 0.4) is 0 Å². The van der Waals surface area contributed by atoms with E-state index in [2.05, 4.69) is 28.0 Å². The summed E-state index contributed by atoms with van der Waals surface area (Å²) in [6.45, 7) is 6.60. The first kappa shape index (κ1) is 22.4. The molecule has 3 aliphatic rings. The number of piperidine rings is 1. The highest BCUT2D eigenvalue weighted by atomic mass is 19.4. The number of carbonyl (C=O) groups is 1. The molecule has 0 aromatic heterocycles. The first-order valence-corrected chi connectivity index (χ1v) is 11.8. The van der Waals surface area contributed by atoms with Crippen LogP contribution in [-0.4, -0.2) is 67.7 Å². The molecular weight excluding hydrogens is 403 g/mol. The molecule has 0 atom stereocenters. The van der Waals surface area contributed by atoms with Gasteiger partial charge < -0.3 is 9.80 Å². The Kier molecular flexibility index (Phi) is 7.09. The van der Waals surface area contributed by atoms with Crippen molar-refractivity contribution in [3.63, 3.8) is 0 Å². The number of anilines is 1. The maximum absolute atomic E-state index is 12.3. The quantitative estimate of drug-likeness (QED) is 0.665. The molecule has 0 saturated carbocycles. The highest BCUT2D eigenvalue weighted by Crippen LogP contribution is 2.32. The minimum Gasteiger partial charge on any atom is -0.369 e. The average molecular weight is 438 g/mol. The van der Waals surface area contributed by atoms with Crippen molar-refractivity contribution in [2.45, 2.75) is 57.5 Å². The van der Waals surface area contributed by atoms with Crippen molar-refractivity contribution in [1.82, 2.24) is 9.80 Å². The Morgan fingerprint density at radius 3 is 2.45 bits per heavy atom. The van der Waals surface area contributed by atoms with E-state index in [1.54, 1.807) is 10.5 Å². The second-order valence-corrected chi connectivity index (χ2v) is 9.33. The predicted octanol–water partition coefficient (Wildman–Crippen LogP) is 4.27. The van der Waals surface area contributed by atoms with Gasteiger partial charge in [0.05, 0.1) is 6.42 Å². The fourth-order valence-electron chi connectivity index (χ4n) is 5.35. The van der Waals surface area contributed by atoms with Crippen LogP contribution in [0.4, 0.5) is 18.9 Å². The van der Waals surface area contributed by atoms with Crippen molar-refractivity contribution < 1.29 is 18.0 Å². The summed E-state index contributed by atoms with van der Waals surface area (Å²) >= 11 is 0. The Bertz CT molecular complexity index is 751. The van der Waals surface area contributed by atoms with Gasteiger partial charge in [0, 0.05) is 51.4 Å². The van der Waals surface area contributed by atoms with Crippen molar-refractivity contribution in [3.8, 4) is 0 Å². The summed E-state index contributed by atoms with van der Waals surface area (Å²) in [6, 6.07) is 6.76. The van der Waals surface area contributed by atoms with Crippen molar-refractivity contribution in [2.24, 2.45) is 5.92 Å². The van der Waals surface area contributed by atoms with Gasteiger partial charge in [-0.15, -0.1) is 0 Å². The van der Waals surface area contributed by atoms with Crippen LogP contribution in [-0.2, 0) is 17.6 Å². The number of piperazine rings is 1. The van der Waals surface area contributed by atoms with E-state index in [1.165, 1.54) is 30.5 Å². The zero-order valence-corrected chi connectivity index (χ0v) is 18.3. The van der Waals surface area contributed by atoms with Crippen molar-refractivity contribution in [2.75, 3.05) is 50.7 Å². The molecule has 2 fully saturated rings. The molecule has 2 aliphatic heterocycles. The first-order valence-electron chi connectivity index (χ1n) is 11.8. The molecule has 4 nitrogen and oxygen atoms in total. The summed E-state index contributed by atoms with van der Waals surface area (Å²) in [5, 5.41) is 0. The van der Waals surface area contributed by atoms with Gasteiger partial charge in [-0.3, -0.25) is 9.69 Å². The second kappa shape index (κ2) is 9.80. The number of fused-ring (bicyclic) bond motifs is 1. The number of likely N-dealkylation sites (tertiary alicyclic amines) is 1. The highest BCUT2D eigenvalue weighted by molar-refractivity contribution is 5.76. The lowest BCUT2D eigenvalue weighted by molar-refractivity contribution is -0.149. The number of aryl methyl sites for hydroxylation is 1. The maximum atomic E-state index is 12.3. The first-order chi connectivity index (χ1) is 14.9. The second-order valence-electron chi connectivity index (χ2n) is 9.33. The summed E-state index contributed by atoms with van der Waals surface area (Å²) in [6.07, 6.45) is 0.969. The monoisotopic (exact) mass is 437 g/mol. The van der Waals surface area contributed by atoms with Crippen molar-refractivity contribution in [1.29, 1.82) is 0 Å². The van der Waals surface area contributed by atoms with Crippen LogP contribution >= 0.6 is 0 Å². The molecule has 1 aliphatic carbocycles. The lowest BCUT2D eigenvalue weighted by Crippen LogP contribution is -2.47. The third-order valence-corrected chi connectivity index (χ3v) is 7.28. The van der Waals surface area contributed by atoms with E-state index < -0.39 is 19.0 Å². The molecular formula is C24H34F3N3O. The fourth-order valence-corrected chi connectivity index (χ4v) is 5.35. The topological polar surface area (TPSA) is 26.8 Å². The highest BCUT2D eigenvalue weighted by Gasteiger charge is 2.30. The average Bonchev–Trinajstić information content (AvgIpc) is 3.25. The maximum Gasteiger partial charge on any atom is 0.389 e. The van der Waals surface area contributed by atoms with Crippen molar-refractivity contribution >= 4 is 11.6 Å². The van der Waals surface area contributed by atoms with Gasteiger partial charge in [0.1, 0.15) is 0 Å². The number of hydrogen-bond donors (Lipinski definition) is 0. The van der Waals surface area contributed by atoms with E-state index >= 15 is 0 Å². The Morgan fingerprint density at radius 2 is 1.74 bits per heavy atom. The summed E-state index contributed by atoms with van der Waals surface area (Å²) < 4.78 is 37.0. The zero-order valence-electron chi connectivity index (χ0n) is 18.3. The van der Waals surface area contributed by atoms with E-state index in [-0.39, 0.29) is 5.91 Å². The molecule has 2 saturated heterocycles. The molecule has 0 bridgehead atoms. The van der Waals surface area contributed by atoms with Crippen LogP contribution in [0.5, 0.6) is 0 Å². The number of nitrogens with zero attached hydrogens (tertiary/aromatic N) is 3. The van der Waals surface area contributed by atoms with Gasteiger partial charge in [-0.2, -0.15) is 13.2 Å². The van der Waals surface area contributed by atoms with Crippen LogP contribution in [0.2, 0.25) is 0 Å². The van der Waals surface area contributed by atoms with Gasteiger partial charge in [0.2, 0.25) is 5.91 Å². The normalized spacial score (nSPS) is 20.9. The molecule has 0 unspecified atom stereocenters. The summed E-state index contributed by atoms with van der Waals surface area (Å²) in [7, 11) is 0. The minimum absolute atomic E-state index is 0.348. The molecule has 31 heavy (non-hydrogen) atoms. The molecule has 0 radical (unpaired) electrons. The number of benzene rings is 1. The standard InChI is InChI=1S/C24H34F3N3O/c25-24(26,27)11-7-23(31)30-13-9-19(10-14-30)8-12-28-15-17-29(18-16-28)22-6-2-4-20-3-1-5-21(20)22/h2,4,6,19H,1,3,5,7-18H2. The largest absolute Gasteiger partial charge is 0.389 e. The van der Waals surface area contributed by atoms with E-state index in [0.717, 1.165) is 52.0 Å². The molecule has 7 heteroatoms. The molecule has 0 N–H and O–H groups in total. The molecule has 2 heterocycles. The Balaban J connectivity index is 1.15. The lowest BCUT2D eigenvalue weighted by Gasteiger charge is -2.38. The molecule has 0 spiro atoms. The predicted molar refractivity (Wildman–Crippen MR) is 116 cm³/mol. The number of amides is 1. The van der Waals surface area contributed by atoms with Crippen LogP contribution in [0, 0.1) is 5.92 Å². The van der Waals surface area contributed by atoms with Gasteiger partial charge in [0.15, 0.2) is 0 Å². The number of hydrogen-bond acceptors (Lipinski definition) is 3. The molecule has 1 aromatic rings. The van der Waals surface area contributed by atoms with Crippen LogP contribution in [0.25, 0.3) is 0 Å². The number of halogens is 3. The minimum atomic E-state index is -4.25. The van der Waals surface area contributed by atoms with E-state index in [0.29, 0.717) is 19.0 Å². The van der Waals surface area contributed by atoms with E-state index in [1.807, 2.05) is 0 Å². The Morgan fingerprint density at radius 1 is 1.00 bits per heavy atom. The van der Waals surface area contributed by atoms with Gasteiger partial charge in [-0.05, 0) is 68.2 Å². The van der Waals surface area contributed by atoms with Gasteiger partial charge in [0.25, 0.3) is 0 Å². The zero-order chi connectivity index (χ0) is 21.8. The fraction of sp³-hybridized carbons (Fsp3) is 0.708. The van der Waals surface area contributed by atoms with Gasteiger partial charge in [-0.25, -0.2) is 0 Å². The molecule has 1 aromatic carbocycles. The number of alkyl halides is 3. The Labute approximate surface area is 183 Å². The Hall–Kier alpha value is -1.76. The smallest absolute Gasteiger partial charge is 0.369 e. The molecule has 4 rings (SSSR count). The summed E-state index contributed by atoms with van der Waals surface area (Å²) in [5.41, 5.74) is 4.54. The van der Waals surface area contributed by atoms with Crippen LogP contribution in [0.15, 0.2) is 18.2 Å².